The van der Waals surface area contributed by atoms with E-state index in [0.29, 0.717) is 11.6 Å². The molecule has 1 aromatic carbocycles. The zero-order chi connectivity index (χ0) is 12.3. The lowest BCUT2D eigenvalue weighted by atomic mass is 10.1. The molecule has 0 bridgehead atoms. The molecule has 0 heterocycles. The molecule has 0 atom stereocenters. The number of hydrogen-bond acceptors (Lipinski definition) is 4. The minimum atomic E-state index is -0.475. The van der Waals surface area contributed by atoms with E-state index in [4.69, 9.17) is 0 Å². The molecule has 5 heteroatoms. The van der Waals surface area contributed by atoms with Crippen molar-refractivity contribution in [2.24, 2.45) is 5.92 Å². The summed E-state index contributed by atoms with van der Waals surface area (Å²) in [6, 6.07) is 4.20. The van der Waals surface area contributed by atoms with Gasteiger partial charge in [0, 0.05) is 6.54 Å². The molecule has 0 radical (unpaired) electrons. The smallest absolute Gasteiger partial charge is 0.296 e. The van der Waals surface area contributed by atoms with Gasteiger partial charge in [-0.15, -0.1) is 0 Å². The summed E-state index contributed by atoms with van der Waals surface area (Å²) in [4.78, 5) is 10.3. The van der Waals surface area contributed by atoms with Crippen molar-refractivity contribution in [2.45, 2.75) is 25.7 Å². The topological polar surface area (TPSA) is 75.4 Å². The Morgan fingerprint density at radius 1 is 1.41 bits per heavy atom. The molecule has 17 heavy (non-hydrogen) atoms. The molecule has 92 valence electrons. The van der Waals surface area contributed by atoms with Crippen LogP contribution in [0.2, 0.25) is 0 Å². The largest absolute Gasteiger partial charge is 0.508 e. The van der Waals surface area contributed by atoms with Gasteiger partial charge in [-0.05, 0) is 30.9 Å². The van der Waals surface area contributed by atoms with Gasteiger partial charge in [-0.25, -0.2) is 0 Å². The van der Waals surface area contributed by atoms with Crippen LogP contribution in [0.5, 0.6) is 5.75 Å². The maximum Gasteiger partial charge on any atom is 0.296 e. The number of aromatic hydroxyl groups is 1. The molecule has 0 amide bonds. The first-order chi connectivity index (χ1) is 8.16. The van der Waals surface area contributed by atoms with Crippen LogP contribution in [0.4, 0.5) is 11.4 Å². The van der Waals surface area contributed by atoms with Crippen molar-refractivity contribution < 1.29 is 10.0 Å². The monoisotopic (exact) mass is 236 g/mol. The predicted molar refractivity (Wildman–Crippen MR) is 65.2 cm³/mol. The minimum Gasteiger partial charge on any atom is -0.508 e. The third-order valence-electron chi connectivity index (χ3n) is 3.23. The van der Waals surface area contributed by atoms with Crippen LogP contribution in [0, 0.1) is 16.0 Å². The Morgan fingerprint density at radius 2 is 2.12 bits per heavy atom. The standard InChI is InChI=1S/C12H16N2O3/c15-10-5-6-11(12(7-10)14(16)17)13-8-9-3-1-2-4-9/h5-7,9,13,15H,1-4,8H2. The Kier molecular flexibility index (Phi) is 3.46. The van der Waals surface area contributed by atoms with Crippen LogP contribution < -0.4 is 5.32 Å². The molecule has 1 aliphatic carbocycles. The number of anilines is 1. The van der Waals surface area contributed by atoms with E-state index in [1.807, 2.05) is 0 Å². The number of nitrogens with zero attached hydrogens (tertiary/aromatic N) is 1. The van der Waals surface area contributed by atoms with E-state index in [9.17, 15) is 15.2 Å². The van der Waals surface area contributed by atoms with Crippen LogP contribution in [-0.2, 0) is 0 Å². The van der Waals surface area contributed by atoms with Crippen molar-refractivity contribution in [3.63, 3.8) is 0 Å². The number of nitrogens with one attached hydrogen (secondary N) is 1. The van der Waals surface area contributed by atoms with Gasteiger partial charge in [-0.3, -0.25) is 10.1 Å². The second-order valence-corrected chi connectivity index (χ2v) is 4.49. The second kappa shape index (κ2) is 5.03. The number of phenolic OH excluding ortho intramolecular Hbond substituents is 1. The molecular weight excluding hydrogens is 220 g/mol. The van der Waals surface area contributed by atoms with E-state index in [2.05, 4.69) is 5.32 Å². The molecule has 1 saturated carbocycles. The van der Waals surface area contributed by atoms with Gasteiger partial charge in [0.05, 0.1) is 11.0 Å². The maximum atomic E-state index is 10.8. The molecule has 2 rings (SSSR count). The minimum absolute atomic E-state index is 0.0667. The van der Waals surface area contributed by atoms with E-state index in [-0.39, 0.29) is 11.4 Å². The van der Waals surface area contributed by atoms with Gasteiger partial charge >= 0.3 is 0 Å². The van der Waals surface area contributed by atoms with Gasteiger partial charge in [0.1, 0.15) is 11.4 Å². The Hall–Kier alpha value is -1.78. The van der Waals surface area contributed by atoms with Crippen molar-refractivity contribution in [3.05, 3.63) is 28.3 Å². The summed E-state index contributed by atoms with van der Waals surface area (Å²) in [6.45, 7) is 0.769. The molecular formula is C12H16N2O3. The van der Waals surface area contributed by atoms with Gasteiger partial charge in [-0.2, -0.15) is 0 Å². The molecule has 1 fully saturated rings. The van der Waals surface area contributed by atoms with Gasteiger partial charge in [-0.1, -0.05) is 12.8 Å². The Bertz CT molecular complexity index is 414. The van der Waals surface area contributed by atoms with Gasteiger partial charge in [0.2, 0.25) is 0 Å². The van der Waals surface area contributed by atoms with Crippen LogP contribution in [0.1, 0.15) is 25.7 Å². The van der Waals surface area contributed by atoms with Crippen LogP contribution >= 0.6 is 0 Å². The first-order valence-electron chi connectivity index (χ1n) is 5.88. The number of nitro groups is 1. The van der Waals surface area contributed by atoms with E-state index in [1.165, 1.54) is 37.8 Å². The van der Waals surface area contributed by atoms with E-state index in [0.717, 1.165) is 6.54 Å². The van der Waals surface area contributed by atoms with E-state index >= 15 is 0 Å². The van der Waals surface area contributed by atoms with Crippen molar-refractivity contribution >= 4 is 11.4 Å². The third-order valence-corrected chi connectivity index (χ3v) is 3.23. The summed E-state index contributed by atoms with van der Waals surface area (Å²) in [6.07, 6.45) is 4.89. The summed E-state index contributed by atoms with van der Waals surface area (Å²) in [5.74, 6) is 0.534. The summed E-state index contributed by atoms with van der Waals surface area (Å²) in [5, 5.41) is 23.2. The molecule has 2 N–H and O–H groups in total. The quantitative estimate of drug-likeness (QED) is 0.479. The fourth-order valence-corrected chi connectivity index (χ4v) is 2.29. The van der Waals surface area contributed by atoms with Gasteiger partial charge in [0.15, 0.2) is 0 Å². The highest BCUT2D eigenvalue weighted by Crippen LogP contribution is 2.30. The first kappa shape index (κ1) is 11.7. The Labute approximate surface area is 99.6 Å². The lowest BCUT2D eigenvalue weighted by Gasteiger charge is -2.11. The normalized spacial score (nSPS) is 16.0. The fourth-order valence-electron chi connectivity index (χ4n) is 2.29. The predicted octanol–water partition coefficient (Wildman–Crippen LogP) is 2.90. The molecule has 0 unspecified atom stereocenters. The van der Waals surface area contributed by atoms with E-state index in [1.54, 1.807) is 6.07 Å². The van der Waals surface area contributed by atoms with Crippen molar-refractivity contribution in [3.8, 4) is 5.75 Å². The van der Waals surface area contributed by atoms with Crippen LogP contribution in [-0.4, -0.2) is 16.6 Å². The summed E-state index contributed by atoms with van der Waals surface area (Å²) in [7, 11) is 0. The van der Waals surface area contributed by atoms with Crippen molar-refractivity contribution in [1.82, 2.24) is 0 Å². The lowest BCUT2D eigenvalue weighted by molar-refractivity contribution is -0.384. The number of nitro benzene ring substituents is 1. The number of benzene rings is 1. The molecule has 0 spiro atoms. The highest BCUT2D eigenvalue weighted by atomic mass is 16.6. The van der Waals surface area contributed by atoms with Crippen molar-refractivity contribution in [2.75, 3.05) is 11.9 Å². The first-order valence-corrected chi connectivity index (χ1v) is 5.88. The molecule has 1 aromatic rings. The van der Waals surface area contributed by atoms with Gasteiger partial charge in [0.25, 0.3) is 5.69 Å². The number of rotatable bonds is 4. The molecule has 5 nitrogen and oxygen atoms in total. The van der Waals surface area contributed by atoms with E-state index < -0.39 is 4.92 Å². The average Bonchev–Trinajstić information content (AvgIpc) is 2.80. The average molecular weight is 236 g/mol. The lowest BCUT2D eigenvalue weighted by Crippen LogP contribution is -2.11. The molecule has 1 aliphatic rings. The Morgan fingerprint density at radius 3 is 2.76 bits per heavy atom. The van der Waals surface area contributed by atoms with Gasteiger partial charge < -0.3 is 10.4 Å². The zero-order valence-electron chi connectivity index (χ0n) is 9.56. The fraction of sp³-hybridized carbons (Fsp3) is 0.500. The molecule has 0 saturated heterocycles. The highest BCUT2D eigenvalue weighted by Gasteiger charge is 2.18. The summed E-state index contributed by atoms with van der Waals surface area (Å²) in [5.41, 5.74) is 0.419. The van der Waals surface area contributed by atoms with Crippen molar-refractivity contribution in [1.29, 1.82) is 0 Å². The highest BCUT2D eigenvalue weighted by molar-refractivity contribution is 5.63. The molecule has 0 aromatic heterocycles. The third kappa shape index (κ3) is 2.87. The number of hydrogen-bond donors (Lipinski definition) is 2. The molecule has 0 aliphatic heterocycles. The number of phenols is 1. The second-order valence-electron chi connectivity index (χ2n) is 4.49. The SMILES string of the molecule is O=[N+]([O-])c1cc(O)ccc1NCC1CCCC1. The zero-order valence-corrected chi connectivity index (χ0v) is 9.56. The maximum absolute atomic E-state index is 10.8. The summed E-state index contributed by atoms with van der Waals surface area (Å²) < 4.78 is 0. The van der Waals surface area contributed by atoms with Crippen LogP contribution in [0.3, 0.4) is 0 Å². The summed E-state index contributed by atoms with van der Waals surface area (Å²) >= 11 is 0. The Balaban J connectivity index is 2.06. The van der Waals surface area contributed by atoms with Crippen LogP contribution in [0.15, 0.2) is 18.2 Å². The van der Waals surface area contributed by atoms with Crippen LogP contribution in [0.25, 0.3) is 0 Å².